The number of rotatable bonds is 7. The summed E-state index contributed by atoms with van der Waals surface area (Å²) >= 11 is 0. The van der Waals surface area contributed by atoms with E-state index in [1.54, 1.807) is 0 Å². The van der Waals surface area contributed by atoms with E-state index >= 15 is 0 Å². The Morgan fingerprint density at radius 1 is 1.00 bits per heavy atom. The van der Waals surface area contributed by atoms with E-state index in [2.05, 4.69) is 0 Å². The quantitative estimate of drug-likeness (QED) is 0.449. The van der Waals surface area contributed by atoms with Crippen LogP contribution < -0.4 is 10.2 Å². The number of ether oxygens (including phenoxy) is 1. The smallest absolute Gasteiger partial charge is 0.267 e. The maximum Gasteiger partial charge on any atom is 0.267 e. The molecule has 2 aromatic carbocycles. The minimum Gasteiger partial charge on any atom is -0.481 e. The van der Waals surface area contributed by atoms with Crippen LogP contribution in [0.25, 0.3) is 0 Å². The van der Waals surface area contributed by atoms with Gasteiger partial charge in [-0.2, -0.15) is 0 Å². The summed E-state index contributed by atoms with van der Waals surface area (Å²) in [6.07, 6.45) is -0.0963. The second-order valence-corrected chi connectivity index (χ2v) is 6.70. The van der Waals surface area contributed by atoms with Crippen LogP contribution in [0.15, 0.2) is 92.7 Å². The zero-order chi connectivity index (χ0) is 21.8. The van der Waals surface area contributed by atoms with E-state index in [0.29, 0.717) is 5.56 Å². The number of benzene rings is 2. The summed E-state index contributed by atoms with van der Waals surface area (Å²) in [5.74, 6) is -1.74. The van der Waals surface area contributed by atoms with Crippen molar-refractivity contribution in [3.63, 3.8) is 0 Å². The Balaban J connectivity index is 1.58. The van der Waals surface area contributed by atoms with Gasteiger partial charge in [0.1, 0.15) is 24.3 Å². The van der Waals surface area contributed by atoms with Crippen molar-refractivity contribution in [1.82, 2.24) is 0 Å². The lowest BCUT2D eigenvalue weighted by molar-refractivity contribution is 0.0964. The van der Waals surface area contributed by atoms with E-state index in [1.807, 2.05) is 30.3 Å². The predicted octanol–water partition coefficient (Wildman–Crippen LogP) is 4.26. The molecular formula is C24H17FO6. The lowest BCUT2D eigenvalue weighted by Gasteiger charge is -2.09. The van der Waals surface area contributed by atoms with Crippen LogP contribution in [0, 0.1) is 5.82 Å². The molecule has 2 aromatic heterocycles. The van der Waals surface area contributed by atoms with Gasteiger partial charge in [0.15, 0.2) is 5.76 Å². The third-order valence-corrected chi connectivity index (χ3v) is 4.57. The second kappa shape index (κ2) is 8.81. The number of aliphatic hydroxyl groups is 1. The van der Waals surface area contributed by atoms with E-state index in [1.165, 1.54) is 36.4 Å². The van der Waals surface area contributed by atoms with Crippen molar-refractivity contribution in [2.24, 2.45) is 0 Å². The molecule has 0 aliphatic carbocycles. The highest BCUT2D eigenvalue weighted by atomic mass is 19.1. The van der Waals surface area contributed by atoms with Gasteiger partial charge in [-0.1, -0.05) is 42.5 Å². The minimum absolute atomic E-state index is 0.0720. The number of carbonyl (C=O) groups is 1. The molecule has 2 heterocycles. The summed E-state index contributed by atoms with van der Waals surface area (Å²) in [6.45, 7) is 0.0720. The van der Waals surface area contributed by atoms with Gasteiger partial charge in [0.2, 0.25) is 16.9 Å². The third-order valence-electron chi connectivity index (χ3n) is 4.57. The fraction of sp³-hybridized carbons (Fsp3) is 0.0833. The molecule has 4 aromatic rings. The predicted molar refractivity (Wildman–Crippen MR) is 108 cm³/mol. The number of aliphatic hydroxyl groups excluding tert-OH is 1. The molecule has 0 saturated carbocycles. The van der Waals surface area contributed by atoms with Gasteiger partial charge in [-0.15, -0.1) is 0 Å². The number of carbonyl (C=O) groups excluding carboxylic acids is 1. The first-order valence-electron chi connectivity index (χ1n) is 9.39. The molecule has 0 aliphatic heterocycles. The zero-order valence-electron chi connectivity index (χ0n) is 16.2. The van der Waals surface area contributed by atoms with E-state index in [9.17, 15) is 19.1 Å². The standard InChI is InChI=1S/C24H17FO6/c25-17-8-6-16(7-9-17)21(27)19-10-11-20(31-19)22(28)24-23(18(26)12-13-29-24)30-14-15-4-2-1-3-5-15/h1-13,21,27H,14H2. The fourth-order valence-corrected chi connectivity index (χ4v) is 2.97. The maximum atomic E-state index is 13.1. The van der Waals surface area contributed by atoms with Crippen molar-refractivity contribution in [3.05, 3.63) is 124 Å². The normalized spacial score (nSPS) is 11.8. The molecule has 0 radical (unpaired) electrons. The van der Waals surface area contributed by atoms with Crippen molar-refractivity contribution in [1.29, 1.82) is 0 Å². The van der Waals surface area contributed by atoms with Crippen LogP contribution in [0.4, 0.5) is 4.39 Å². The molecule has 0 saturated heterocycles. The molecule has 31 heavy (non-hydrogen) atoms. The number of hydrogen-bond donors (Lipinski definition) is 1. The van der Waals surface area contributed by atoms with Gasteiger partial charge in [0.05, 0.1) is 6.26 Å². The molecule has 7 heteroatoms. The lowest BCUT2D eigenvalue weighted by Crippen LogP contribution is -2.13. The van der Waals surface area contributed by atoms with Gasteiger partial charge in [-0.25, -0.2) is 4.39 Å². The first-order valence-corrected chi connectivity index (χ1v) is 9.39. The van der Waals surface area contributed by atoms with Crippen LogP contribution in [-0.4, -0.2) is 10.9 Å². The van der Waals surface area contributed by atoms with Crippen molar-refractivity contribution >= 4 is 5.78 Å². The molecule has 156 valence electrons. The van der Waals surface area contributed by atoms with E-state index < -0.39 is 23.1 Å². The molecule has 6 nitrogen and oxygen atoms in total. The molecule has 1 N–H and O–H groups in total. The van der Waals surface area contributed by atoms with E-state index in [0.717, 1.165) is 17.9 Å². The number of halogens is 1. The summed E-state index contributed by atoms with van der Waals surface area (Å²) in [6, 6.07) is 18.3. The first kappa shape index (κ1) is 20.3. The molecule has 0 fully saturated rings. The highest BCUT2D eigenvalue weighted by Crippen LogP contribution is 2.26. The van der Waals surface area contributed by atoms with Crippen LogP contribution in [-0.2, 0) is 6.61 Å². The zero-order valence-corrected chi connectivity index (χ0v) is 16.2. The summed E-state index contributed by atoms with van der Waals surface area (Å²) in [4.78, 5) is 25.2. The summed E-state index contributed by atoms with van der Waals surface area (Å²) in [5.41, 5.74) is 0.698. The number of ketones is 1. The molecule has 0 bridgehead atoms. The minimum atomic E-state index is -1.20. The van der Waals surface area contributed by atoms with Crippen molar-refractivity contribution < 1.29 is 27.9 Å². The maximum absolute atomic E-state index is 13.1. The van der Waals surface area contributed by atoms with Gasteiger partial charge >= 0.3 is 0 Å². The topological polar surface area (TPSA) is 89.9 Å². The van der Waals surface area contributed by atoms with Crippen molar-refractivity contribution in [2.75, 3.05) is 0 Å². The summed E-state index contributed by atoms with van der Waals surface area (Å²) in [5, 5.41) is 10.4. The van der Waals surface area contributed by atoms with Gasteiger partial charge in [0, 0.05) is 6.07 Å². The lowest BCUT2D eigenvalue weighted by atomic mass is 10.1. The third kappa shape index (κ3) is 4.46. The number of hydrogen-bond acceptors (Lipinski definition) is 6. The molecule has 0 amide bonds. The Labute approximate surface area is 176 Å². The van der Waals surface area contributed by atoms with Crippen LogP contribution in [0.5, 0.6) is 5.75 Å². The van der Waals surface area contributed by atoms with E-state index in [4.69, 9.17) is 13.6 Å². The molecule has 1 unspecified atom stereocenters. The largest absolute Gasteiger partial charge is 0.481 e. The Morgan fingerprint density at radius 3 is 2.48 bits per heavy atom. The second-order valence-electron chi connectivity index (χ2n) is 6.70. The number of furan rings is 1. The molecule has 0 spiro atoms. The van der Waals surface area contributed by atoms with Crippen LogP contribution in [0.2, 0.25) is 0 Å². The summed E-state index contributed by atoms with van der Waals surface area (Å²) < 4.78 is 29.4. The van der Waals surface area contributed by atoms with Gasteiger partial charge < -0.3 is 18.7 Å². The molecule has 0 aliphatic rings. The summed E-state index contributed by atoms with van der Waals surface area (Å²) in [7, 11) is 0. The monoisotopic (exact) mass is 420 g/mol. The average Bonchev–Trinajstić information content (AvgIpc) is 3.29. The highest BCUT2D eigenvalue weighted by molar-refractivity contribution is 6.06. The molecular weight excluding hydrogens is 403 g/mol. The fourth-order valence-electron chi connectivity index (χ4n) is 2.97. The van der Waals surface area contributed by atoms with Crippen molar-refractivity contribution in [2.45, 2.75) is 12.7 Å². The van der Waals surface area contributed by atoms with Gasteiger partial charge in [-0.3, -0.25) is 9.59 Å². The van der Waals surface area contributed by atoms with Crippen molar-refractivity contribution in [3.8, 4) is 5.75 Å². The Morgan fingerprint density at radius 2 is 1.74 bits per heavy atom. The SMILES string of the molecule is O=C(c1ccc(C(O)c2ccc(F)cc2)o1)c1occc(=O)c1OCc1ccccc1. The average molecular weight is 420 g/mol. The van der Waals surface area contributed by atoms with Crippen LogP contribution in [0.1, 0.15) is 39.3 Å². The van der Waals surface area contributed by atoms with Crippen LogP contribution in [0.3, 0.4) is 0 Å². The Hall–Kier alpha value is -3.97. The van der Waals surface area contributed by atoms with Gasteiger partial charge in [-0.05, 0) is 35.4 Å². The Kier molecular flexibility index (Phi) is 5.77. The van der Waals surface area contributed by atoms with E-state index in [-0.39, 0.29) is 29.6 Å². The van der Waals surface area contributed by atoms with Crippen LogP contribution >= 0.6 is 0 Å². The molecule has 4 rings (SSSR count). The Bertz CT molecular complexity index is 1240. The van der Waals surface area contributed by atoms with Gasteiger partial charge in [0.25, 0.3) is 5.78 Å². The highest BCUT2D eigenvalue weighted by Gasteiger charge is 2.25. The first-order chi connectivity index (χ1) is 15.0. The molecule has 1 atom stereocenters.